The van der Waals surface area contributed by atoms with Gasteiger partial charge in [0.2, 0.25) is 0 Å². The van der Waals surface area contributed by atoms with E-state index in [2.05, 4.69) is 17.6 Å². The second kappa shape index (κ2) is 5.95. The van der Waals surface area contributed by atoms with E-state index >= 15 is 0 Å². The summed E-state index contributed by atoms with van der Waals surface area (Å²) < 4.78 is 7.86. The van der Waals surface area contributed by atoms with Gasteiger partial charge in [0.15, 0.2) is 0 Å². The molecule has 0 radical (unpaired) electrons. The first-order valence-corrected chi connectivity index (χ1v) is 6.94. The molecule has 1 aromatic heterocycles. The monoisotopic (exact) mass is 271 g/mol. The smallest absolute Gasteiger partial charge is 0.143 e. The fourth-order valence-corrected chi connectivity index (χ4v) is 2.57. The van der Waals surface area contributed by atoms with Gasteiger partial charge in [-0.05, 0) is 51.5 Å². The van der Waals surface area contributed by atoms with Gasteiger partial charge in [-0.1, -0.05) is 12.1 Å². The molecule has 3 heteroatoms. The standard InChI is InChI=1S/C17H21NO2/c1-5-20-17-9-7-6-8-16(17)18-12(2)10-15(14(18)4)11-13(3)19/h6-10H,5,11H2,1-4H3. The van der Waals surface area contributed by atoms with Crippen LogP contribution in [0.5, 0.6) is 5.75 Å². The van der Waals surface area contributed by atoms with Crippen molar-refractivity contribution in [3.05, 3.63) is 47.3 Å². The molecule has 1 heterocycles. The van der Waals surface area contributed by atoms with Gasteiger partial charge < -0.3 is 9.30 Å². The Morgan fingerprint density at radius 2 is 1.95 bits per heavy atom. The molecule has 0 unspecified atom stereocenters. The second-order valence-electron chi connectivity index (χ2n) is 5.01. The van der Waals surface area contributed by atoms with E-state index in [0.717, 1.165) is 28.4 Å². The van der Waals surface area contributed by atoms with Crippen molar-refractivity contribution >= 4 is 5.78 Å². The summed E-state index contributed by atoms with van der Waals surface area (Å²) in [5.74, 6) is 1.05. The minimum absolute atomic E-state index is 0.184. The van der Waals surface area contributed by atoms with E-state index in [4.69, 9.17) is 4.74 Å². The fraction of sp³-hybridized carbons (Fsp3) is 0.353. The van der Waals surface area contributed by atoms with Crippen LogP contribution < -0.4 is 4.74 Å². The molecule has 0 aliphatic carbocycles. The van der Waals surface area contributed by atoms with Gasteiger partial charge in [0, 0.05) is 17.8 Å². The number of aromatic nitrogens is 1. The van der Waals surface area contributed by atoms with Crippen LogP contribution in [-0.2, 0) is 11.2 Å². The van der Waals surface area contributed by atoms with Crippen LogP contribution in [-0.4, -0.2) is 17.0 Å². The highest BCUT2D eigenvalue weighted by Gasteiger charge is 2.14. The van der Waals surface area contributed by atoms with Crippen LogP contribution in [0.3, 0.4) is 0 Å². The average Bonchev–Trinajstić information content (AvgIpc) is 2.65. The van der Waals surface area contributed by atoms with Crippen LogP contribution in [0.1, 0.15) is 30.8 Å². The van der Waals surface area contributed by atoms with Gasteiger partial charge in [-0.25, -0.2) is 0 Å². The minimum atomic E-state index is 0.184. The van der Waals surface area contributed by atoms with Crippen molar-refractivity contribution in [2.45, 2.75) is 34.1 Å². The summed E-state index contributed by atoms with van der Waals surface area (Å²) >= 11 is 0. The minimum Gasteiger partial charge on any atom is -0.492 e. The van der Waals surface area contributed by atoms with Crippen LogP contribution in [0.25, 0.3) is 5.69 Å². The van der Waals surface area contributed by atoms with Crippen LogP contribution in [0, 0.1) is 13.8 Å². The Kier molecular flexibility index (Phi) is 4.28. The first kappa shape index (κ1) is 14.4. The highest BCUT2D eigenvalue weighted by molar-refractivity contribution is 5.78. The lowest BCUT2D eigenvalue weighted by Gasteiger charge is -2.15. The Morgan fingerprint density at radius 1 is 1.25 bits per heavy atom. The Balaban J connectivity index is 2.53. The maximum Gasteiger partial charge on any atom is 0.143 e. The van der Waals surface area contributed by atoms with Gasteiger partial charge >= 0.3 is 0 Å². The number of Topliss-reactive ketones (excluding diaryl/α,β-unsaturated/α-hetero) is 1. The summed E-state index contributed by atoms with van der Waals surface area (Å²) in [6.07, 6.45) is 0.483. The molecule has 0 N–H and O–H groups in total. The predicted molar refractivity (Wildman–Crippen MR) is 80.8 cm³/mol. The third kappa shape index (κ3) is 2.77. The van der Waals surface area contributed by atoms with Gasteiger partial charge in [-0.2, -0.15) is 0 Å². The molecule has 0 saturated heterocycles. The molecule has 106 valence electrons. The lowest BCUT2D eigenvalue weighted by atomic mass is 10.1. The highest BCUT2D eigenvalue weighted by Crippen LogP contribution is 2.28. The molecule has 0 fully saturated rings. The number of aryl methyl sites for hydroxylation is 1. The van der Waals surface area contributed by atoms with E-state index in [-0.39, 0.29) is 5.78 Å². The lowest BCUT2D eigenvalue weighted by molar-refractivity contribution is -0.116. The fourth-order valence-electron chi connectivity index (χ4n) is 2.57. The predicted octanol–water partition coefficient (Wildman–Crippen LogP) is 3.62. The molecule has 3 nitrogen and oxygen atoms in total. The summed E-state index contributed by atoms with van der Waals surface area (Å²) in [7, 11) is 0. The molecular weight excluding hydrogens is 250 g/mol. The zero-order valence-electron chi connectivity index (χ0n) is 12.6. The number of nitrogens with zero attached hydrogens (tertiary/aromatic N) is 1. The molecule has 0 amide bonds. The summed E-state index contributed by atoms with van der Waals surface area (Å²) in [6, 6.07) is 10.1. The molecule has 0 aliphatic rings. The molecule has 0 aliphatic heterocycles. The van der Waals surface area contributed by atoms with Crippen LogP contribution in [0.4, 0.5) is 0 Å². The number of ether oxygens (including phenoxy) is 1. The van der Waals surface area contributed by atoms with Gasteiger partial charge in [-0.15, -0.1) is 0 Å². The number of ketones is 1. The lowest BCUT2D eigenvalue weighted by Crippen LogP contribution is -2.04. The molecule has 2 aromatic rings. The van der Waals surface area contributed by atoms with Gasteiger partial charge in [0.25, 0.3) is 0 Å². The Morgan fingerprint density at radius 3 is 2.60 bits per heavy atom. The van der Waals surface area contributed by atoms with E-state index in [1.165, 1.54) is 0 Å². The van der Waals surface area contributed by atoms with Crippen molar-refractivity contribution in [3.8, 4) is 11.4 Å². The largest absolute Gasteiger partial charge is 0.492 e. The summed E-state index contributed by atoms with van der Waals surface area (Å²) in [6.45, 7) is 8.34. The van der Waals surface area contributed by atoms with Crippen LogP contribution in [0.15, 0.2) is 30.3 Å². The number of benzene rings is 1. The first-order chi connectivity index (χ1) is 9.54. The molecular formula is C17H21NO2. The maximum absolute atomic E-state index is 11.4. The Labute approximate surface area is 120 Å². The van der Waals surface area contributed by atoms with Crippen molar-refractivity contribution in [2.75, 3.05) is 6.61 Å². The summed E-state index contributed by atoms with van der Waals surface area (Å²) in [5.41, 5.74) is 4.33. The van der Waals surface area contributed by atoms with E-state index in [9.17, 15) is 4.79 Å². The van der Waals surface area contributed by atoms with Gasteiger partial charge in [0.05, 0.1) is 12.3 Å². The average molecular weight is 271 g/mol. The SMILES string of the molecule is CCOc1ccccc1-n1c(C)cc(CC(C)=O)c1C. The summed E-state index contributed by atoms with van der Waals surface area (Å²) in [5, 5.41) is 0. The van der Waals surface area contributed by atoms with Gasteiger partial charge in [-0.3, -0.25) is 4.79 Å². The number of carbonyl (C=O) groups excluding carboxylic acids is 1. The van der Waals surface area contributed by atoms with E-state index in [1.807, 2.05) is 38.1 Å². The van der Waals surface area contributed by atoms with E-state index in [1.54, 1.807) is 6.92 Å². The van der Waals surface area contributed by atoms with E-state index < -0.39 is 0 Å². The van der Waals surface area contributed by atoms with Crippen LogP contribution in [0.2, 0.25) is 0 Å². The highest BCUT2D eigenvalue weighted by atomic mass is 16.5. The number of hydrogen-bond acceptors (Lipinski definition) is 2. The third-order valence-corrected chi connectivity index (χ3v) is 3.38. The Bertz CT molecular complexity index is 626. The quantitative estimate of drug-likeness (QED) is 0.831. The van der Waals surface area contributed by atoms with Crippen molar-refractivity contribution in [1.29, 1.82) is 0 Å². The van der Waals surface area contributed by atoms with Gasteiger partial charge in [0.1, 0.15) is 11.5 Å². The molecule has 2 rings (SSSR count). The van der Waals surface area contributed by atoms with Crippen molar-refractivity contribution in [1.82, 2.24) is 4.57 Å². The normalized spacial score (nSPS) is 10.6. The first-order valence-electron chi connectivity index (χ1n) is 6.94. The maximum atomic E-state index is 11.4. The molecule has 0 atom stereocenters. The summed E-state index contributed by atoms with van der Waals surface area (Å²) in [4.78, 5) is 11.4. The van der Waals surface area contributed by atoms with Crippen molar-refractivity contribution in [2.24, 2.45) is 0 Å². The van der Waals surface area contributed by atoms with E-state index in [0.29, 0.717) is 13.0 Å². The molecule has 0 saturated carbocycles. The second-order valence-corrected chi connectivity index (χ2v) is 5.01. The molecule has 1 aromatic carbocycles. The third-order valence-electron chi connectivity index (χ3n) is 3.38. The topological polar surface area (TPSA) is 31.2 Å². The zero-order valence-corrected chi connectivity index (χ0v) is 12.6. The molecule has 0 spiro atoms. The van der Waals surface area contributed by atoms with Crippen LogP contribution >= 0.6 is 0 Å². The molecule has 20 heavy (non-hydrogen) atoms. The number of carbonyl (C=O) groups is 1. The molecule has 0 bridgehead atoms. The number of rotatable bonds is 5. The van der Waals surface area contributed by atoms with Crippen molar-refractivity contribution < 1.29 is 9.53 Å². The zero-order chi connectivity index (χ0) is 14.7. The number of para-hydroxylation sites is 2. The van der Waals surface area contributed by atoms with Crippen molar-refractivity contribution in [3.63, 3.8) is 0 Å². The Hall–Kier alpha value is -2.03. The number of hydrogen-bond donors (Lipinski definition) is 0.